The molecule has 16 nitrogen and oxygen atoms in total. The topological polar surface area (TPSA) is 283 Å². The second kappa shape index (κ2) is 28.3. The van der Waals surface area contributed by atoms with Crippen LogP contribution in [-0.2, 0) is 0 Å². The minimum atomic E-state index is 0.303. The van der Waals surface area contributed by atoms with E-state index in [0.717, 1.165) is 115 Å². The summed E-state index contributed by atoms with van der Waals surface area (Å²) in [5.74, 6) is 0. The van der Waals surface area contributed by atoms with Gasteiger partial charge < -0.3 is 18.3 Å². The van der Waals surface area contributed by atoms with Crippen molar-refractivity contribution in [2.45, 2.75) is 0 Å². The van der Waals surface area contributed by atoms with Crippen LogP contribution >= 0.6 is 0 Å². The Morgan fingerprint density at radius 1 is 0.192 bits per heavy atom. The minimum Gasteiger partial charge on any atom is -0.307 e. The highest BCUT2D eigenvalue weighted by Gasteiger charge is 2.29. The summed E-state index contributed by atoms with van der Waals surface area (Å²) in [6.07, 6.45) is 6.88. The molecule has 0 saturated carbocycles. The van der Waals surface area contributed by atoms with Crippen LogP contribution < -0.4 is 0 Å². The minimum absolute atomic E-state index is 0.303. The monoisotopic (exact) mass is 1520 g/mol. The number of nitriles is 10. The van der Waals surface area contributed by atoms with E-state index in [1.54, 1.807) is 91.5 Å². The van der Waals surface area contributed by atoms with E-state index in [9.17, 15) is 52.6 Å². The Hall–Kier alpha value is -18.5. The van der Waals surface area contributed by atoms with Crippen LogP contribution in [-0.4, -0.2) is 28.2 Å². The number of nitrogens with zero attached hydrogens (tertiary/aromatic N) is 16. The first-order valence-electron chi connectivity index (χ1n) is 38.0. The smallest absolute Gasteiger partial charge is 0.0999 e. The van der Waals surface area contributed by atoms with Crippen molar-refractivity contribution in [3.8, 4) is 161 Å². The fraction of sp³-hybridized carbons (Fsp3) is 0. The predicted octanol–water partition coefficient (Wildman–Crippen LogP) is 23.3. The van der Waals surface area contributed by atoms with Gasteiger partial charge in [-0.3, -0.25) is 9.97 Å². The fourth-order valence-corrected chi connectivity index (χ4v) is 17.6. The van der Waals surface area contributed by atoms with Gasteiger partial charge in [0.05, 0.1) is 183 Å². The Morgan fingerprint density at radius 2 is 0.508 bits per heavy atom. The molecule has 0 aliphatic heterocycles. The maximum atomic E-state index is 11.6. The predicted molar refractivity (Wildman–Crippen MR) is 465 cm³/mol. The summed E-state index contributed by atoms with van der Waals surface area (Å²) in [5, 5.41) is 113. The highest BCUT2D eigenvalue weighted by Crippen LogP contribution is 2.49. The number of benzene rings is 14. The largest absolute Gasteiger partial charge is 0.307 e. The maximum Gasteiger partial charge on any atom is 0.0999 e. The Kier molecular flexibility index (Phi) is 16.6. The van der Waals surface area contributed by atoms with Crippen molar-refractivity contribution in [2.75, 3.05) is 0 Å². The van der Waals surface area contributed by atoms with Gasteiger partial charge in [0, 0.05) is 90.1 Å². The van der Waals surface area contributed by atoms with Crippen LogP contribution in [0.2, 0.25) is 0 Å². The molecule has 6 aromatic heterocycles. The summed E-state index contributed by atoms with van der Waals surface area (Å²) < 4.78 is 8.80. The zero-order valence-corrected chi connectivity index (χ0v) is 63.0. The lowest BCUT2D eigenvalue weighted by Gasteiger charge is -2.20. The molecule has 546 valence electrons. The summed E-state index contributed by atoms with van der Waals surface area (Å²) in [4.78, 5) is 9.12. The molecular weight excluding hydrogens is 1470 g/mol. The number of hydrogen-bond donors (Lipinski definition) is 0. The van der Waals surface area contributed by atoms with Crippen LogP contribution in [0.15, 0.2) is 304 Å². The van der Waals surface area contributed by atoms with E-state index in [0.29, 0.717) is 128 Å². The third-order valence-electron chi connectivity index (χ3n) is 22.9. The van der Waals surface area contributed by atoms with Crippen LogP contribution in [0, 0.1) is 113 Å². The Labute approximate surface area is 684 Å². The van der Waals surface area contributed by atoms with Gasteiger partial charge in [0.15, 0.2) is 0 Å². The van der Waals surface area contributed by atoms with Gasteiger partial charge in [-0.25, -0.2) is 0 Å². The average Bonchev–Trinajstić information content (AvgIpc) is 1.55. The van der Waals surface area contributed by atoms with Crippen molar-refractivity contribution in [1.82, 2.24) is 28.2 Å². The third kappa shape index (κ3) is 11.1. The van der Waals surface area contributed by atoms with Gasteiger partial charge in [0.1, 0.15) is 0 Å². The highest BCUT2D eigenvalue weighted by molar-refractivity contribution is 6.20. The number of aromatic nitrogens is 6. The molecule has 0 aliphatic rings. The highest BCUT2D eigenvalue weighted by atomic mass is 15.1. The lowest BCUT2D eigenvalue weighted by molar-refractivity contribution is 1.09. The average molecular weight is 1520 g/mol. The molecule has 0 atom stereocenters. The van der Waals surface area contributed by atoms with Crippen LogP contribution in [0.3, 0.4) is 0 Å². The van der Waals surface area contributed by atoms with Crippen LogP contribution in [0.1, 0.15) is 55.6 Å². The lowest BCUT2D eigenvalue weighted by atomic mass is 9.95. The van der Waals surface area contributed by atoms with E-state index >= 15 is 0 Å². The number of hydrogen-bond acceptors (Lipinski definition) is 12. The zero-order valence-electron chi connectivity index (χ0n) is 63.0. The van der Waals surface area contributed by atoms with Crippen LogP contribution in [0.4, 0.5) is 0 Å². The molecule has 20 aromatic rings. The molecule has 0 amide bonds. The van der Waals surface area contributed by atoms with Gasteiger partial charge in [-0.1, -0.05) is 127 Å². The third-order valence-corrected chi connectivity index (χ3v) is 22.9. The Balaban J connectivity index is 0.883. The van der Waals surface area contributed by atoms with Gasteiger partial charge in [-0.05, 0) is 207 Å². The molecule has 6 heterocycles. The van der Waals surface area contributed by atoms with Crippen LogP contribution in [0.25, 0.3) is 188 Å². The molecule has 0 fully saturated rings. The first-order valence-corrected chi connectivity index (χ1v) is 38.0. The Morgan fingerprint density at radius 3 is 0.917 bits per heavy atom. The normalized spacial score (nSPS) is 11.1. The van der Waals surface area contributed by atoms with Gasteiger partial charge in [-0.2, -0.15) is 52.6 Å². The van der Waals surface area contributed by atoms with E-state index in [-0.39, 0.29) is 0 Å². The summed E-state index contributed by atoms with van der Waals surface area (Å²) >= 11 is 0. The second-order valence-electron chi connectivity index (χ2n) is 29.2. The molecule has 16 heteroatoms. The van der Waals surface area contributed by atoms with Gasteiger partial charge in [0.2, 0.25) is 0 Å². The van der Waals surface area contributed by atoms with E-state index in [2.05, 4.69) is 180 Å². The standard InChI is InChI=1S/C104H50N16/c105-49-61-16-25-78(72(36-61)53-109)65-22-31-94-89(40-65)84-11-2-4-14-93(84)117(94)102-47-87(70-8-6-34-115-59-70)76(57-113)45-100(102)118-95-32-23-66(79-26-17-62(50-106)37-73(79)54-110)41-90(95)91-42-67(24-33-96(91)118)82-12-5-15-97-104(82)86-30-21-69(81-28-19-64(52-108)39-75(81)56-112)44-99(86)120(97)103-48-88(71-9-7-35-116-60-71)77(58-114)46-101(103)119-92-13-3-1-10-83(92)85-29-20-68(43-98(85)119)80-27-18-63(51-107)38-74(80)55-111/h1-48,59-60H. The van der Waals surface area contributed by atoms with Crippen molar-refractivity contribution >= 4 is 87.2 Å². The van der Waals surface area contributed by atoms with Crippen molar-refractivity contribution < 1.29 is 0 Å². The summed E-state index contributed by atoms with van der Waals surface area (Å²) in [6.45, 7) is 0. The molecule has 14 aromatic carbocycles. The molecule has 0 bridgehead atoms. The van der Waals surface area contributed by atoms with E-state index < -0.39 is 0 Å². The molecule has 0 unspecified atom stereocenters. The van der Waals surface area contributed by atoms with Crippen molar-refractivity contribution in [1.29, 1.82) is 52.6 Å². The van der Waals surface area contributed by atoms with E-state index in [1.165, 1.54) is 0 Å². The number of rotatable bonds is 11. The van der Waals surface area contributed by atoms with E-state index in [1.807, 2.05) is 121 Å². The van der Waals surface area contributed by atoms with Crippen LogP contribution in [0.5, 0.6) is 0 Å². The Bertz CT molecular complexity index is 8430. The second-order valence-corrected chi connectivity index (χ2v) is 29.2. The molecule has 0 saturated heterocycles. The maximum absolute atomic E-state index is 11.6. The number of para-hydroxylation sites is 2. The van der Waals surface area contributed by atoms with Crippen molar-refractivity contribution in [3.05, 3.63) is 359 Å². The lowest BCUT2D eigenvalue weighted by Crippen LogP contribution is -2.06. The number of fused-ring (bicyclic) bond motifs is 12. The molecule has 0 spiro atoms. The van der Waals surface area contributed by atoms with Crippen molar-refractivity contribution in [2.24, 2.45) is 0 Å². The summed E-state index contributed by atoms with van der Waals surface area (Å²) in [6, 6.07) is 113. The molecule has 120 heavy (non-hydrogen) atoms. The summed E-state index contributed by atoms with van der Waals surface area (Å²) in [5.41, 5.74) is 22.1. The first-order chi connectivity index (χ1) is 59.0. The quantitative estimate of drug-likeness (QED) is 0.117. The van der Waals surface area contributed by atoms with Gasteiger partial charge in [0.25, 0.3) is 0 Å². The first kappa shape index (κ1) is 70.6. The molecule has 0 radical (unpaired) electrons. The molecule has 0 N–H and O–H groups in total. The fourth-order valence-electron chi connectivity index (χ4n) is 17.6. The SMILES string of the molecule is N#Cc1ccc(-c2ccc3c(c2)c2ccccc2n3-c2cc(-c3cccnc3)c(C#N)cc2-n2c3ccc(-c4ccc(C#N)cc4C#N)cc3c3cc(-c4cccc5c4c4ccc(-c6ccc(C#N)cc6C#N)cc4n5-c4cc(-c5cccnc5)c(C#N)cc4-n4c5ccccc5c5ccc(-c6ccc(C#N)cc6C#N)cc54)ccc32)c(C#N)c1. The zero-order chi connectivity index (χ0) is 81.6. The van der Waals surface area contributed by atoms with Gasteiger partial charge in [-0.15, -0.1) is 0 Å². The molecule has 0 aliphatic carbocycles. The van der Waals surface area contributed by atoms with E-state index in [4.69, 9.17) is 0 Å². The van der Waals surface area contributed by atoms with Crippen molar-refractivity contribution in [3.63, 3.8) is 0 Å². The molecule has 20 rings (SSSR count). The summed E-state index contributed by atoms with van der Waals surface area (Å²) in [7, 11) is 0. The number of pyridine rings is 2. The van der Waals surface area contributed by atoms with Gasteiger partial charge >= 0.3 is 0 Å². The molecular formula is C104H50N16.